The van der Waals surface area contributed by atoms with Crippen LogP contribution in [0.5, 0.6) is 0 Å². The van der Waals surface area contributed by atoms with Crippen molar-refractivity contribution in [3.63, 3.8) is 0 Å². The average molecular weight is 263 g/mol. The number of nitrogens with zero attached hydrogens (tertiary/aromatic N) is 2. The van der Waals surface area contributed by atoms with Gasteiger partial charge in [-0.25, -0.2) is 4.98 Å². The zero-order valence-electron chi connectivity index (χ0n) is 9.46. The summed E-state index contributed by atoms with van der Waals surface area (Å²) in [5.74, 6) is 0. The molecule has 2 rings (SSSR count). The Bertz CT molecular complexity index is 491. The van der Waals surface area contributed by atoms with Crippen molar-refractivity contribution in [1.29, 1.82) is 0 Å². The van der Waals surface area contributed by atoms with Gasteiger partial charge in [-0.1, -0.05) is 12.2 Å². The minimum absolute atomic E-state index is 0.430. The summed E-state index contributed by atoms with van der Waals surface area (Å²) < 4.78 is 0. The number of benzene rings is 1. The summed E-state index contributed by atoms with van der Waals surface area (Å²) in [6.45, 7) is 0.810. The lowest BCUT2D eigenvalue weighted by Gasteiger charge is -2.18. The molecule has 0 aliphatic rings. The van der Waals surface area contributed by atoms with Gasteiger partial charge < -0.3 is 10.6 Å². The number of hydrogen-bond donors (Lipinski definition) is 1. The fraction of sp³-hybridized carbons (Fsp3) is 0.167. The van der Waals surface area contributed by atoms with Crippen LogP contribution in [-0.2, 0) is 6.54 Å². The average Bonchev–Trinajstić information content (AvgIpc) is 2.82. The van der Waals surface area contributed by atoms with E-state index in [-0.39, 0.29) is 0 Å². The van der Waals surface area contributed by atoms with Crippen LogP contribution in [0.3, 0.4) is 0 Å². The van der Waals surface area contributed by atoms with Gasteiger partial charge in [-0.15, -0.1) is 11.3 Å². The minimum Gasteiger partial charge on any atom is -0.389 e. The van der Waals surface area contributed by atoms with Crippen molar-refractivity contribution in [1.82, 2.24) is 4.98 Å². The van der Waals surface area contributed by atoms with Crippen LogP contribution in [0.1, 0.15) is 10.6 Å². The molecule has 0 amide bonds. The molecule has 2 N–H and O–H groups in total. The second kappa shape index (κ2) is 5.25. The number of hydrogen-bond acceptors (Lipinski definition) is 4. The van der Waals surface area contributed by atoms with E-state index in [1.54, 1.807) is 11.3 Å². The molecule has 0 radical (unpaired) electrons. The summed E-state index contributed by atoms with van der Waals surface area (Å²) in [4.78, 5) is 6.83. The van der Waals surface area contributed by atoms with E-state index in [9.17, 15) is 0 Å². The smallest absolute Gasteiger partial charge is 0.112 e. The van der Waals surface area contributed by atoms with Crippen molar-refractivity contribution in [2.24, 2.45) is 5.73 Å². The first-order valence-electron chi connectivity index (χ1n) is 5.16. The Kier molecular flexibility index (Phi) is 3.71. The van der Waals surface area contributed by atoms with Gasteiger partial charge in [0.2, 0.25) is 0 Å². The van der Waals surface area contributed by atoms with Gasteiger partial charge in [-0.2, -0.15) is 0 Å². The second-order valence-corrected chi connectivity index (χ2v) is 5.11. The van der Waals surface area contributed by atoms with Crippen LogP contribution in [0.4, 0.5) is 5.69 Å². The number of thiocarbonyl (C=S) groups is 1. The molecule has 2 aromatic rings. The van der Waals surface area contributed by atoms with E-state index < -0.39 is 0 Å². The lowest BCUT2D eigenvalue weighted by molar-refractivity contribution is 0.910. The van der Waals surface area contributed by atoms with Gasteiger partial charge in [0.1, 0.15) is 10.00 Å². The van der Waals surface area contributed by atoms with Gasteiger partial charge in [-0.05, 0) is 24.3 Å². The predicted octanol–water partition coefficient (Wildman–Crippen LogP) is 2.41. The molecular formula is C12H13N3S2. The fourth-order valence-electron chi connectivity index (χ4n) is 1.51. The van der Waals surface area contributed by atoms with Gasteiger partial charge in [-0.3, -0.25) is 0 Å². The first-order valence-corrected chi connectivity index (χ1v) is 6.45. The molecule has 5 heteroatoms. The van der Waals surface area contributed by atoms with Crippen molar-refractivity contribution >= 4 is 34.2 Å². The highest BCUT2D eigenvalue weighted by Crippen LogP contribution is 2.17. The zero-order valence-corrected chi connectivity index (χ0v) is 11.1. The van der Waals surface area contributed by atoms with Gasteiger partial charge in [0.15, 0.2) is 0 Å². The lowest BCUT2D eigenvalue weighted by atomic mass is 10.2. The number of aromatic nitrogens is 1. The van der Waals surface area contributed by atoms with E-state index in [1.807, 2.05) is 42.9 Å². The van der Waals surface area contributed by atoms with Crippen LogP contribution in [0, 0.1) is 0 Å². The van der Waals surface area contributed by atoms with Crippen LogP contribution >= 0.6 is 23.6 Å². The van der Waals surface area contributed by atoms with Crippen molar-refractivity contribution in [3.8, 4) is 0 Å². The highest BCUT2D eigenvalue weighted by atomic mass is 32.1. The molecular weight excluding hydrogens is 250 g/mol. The molecule has 0 bridgehead atoms. The molecule has 0 spiro atoms. The van der Waals surface area contributed by atoms with Crippen LogP contribution < -0.4 is 10.6 Å². The molecule has 0 atom stereocenters. The molecule has 88 valence electrons. The number of nitrogens with two attached hydrogens (primary N) is 1. The Hall–Kier alpha value is -1.46. The lowest BCUT2D eigenvalue weighted by Crippen LogP contribution is -2.16. The standard InChI is InChI=1S/C12H13N3S2/c1-15(8-11-14-6-7-17-11)10-4-2-9(3-5-10)12(13)16/h2-7H,8H2,1H3,(H2,13,16). The van der Waals surface area contributed by atoms with Gasteiger partial charge in [0, 0.05) is 29.9 Å². The van der Waals surface area contributed by atoms with E-state index in [4.69, 9.17) is 18.0 Å². The first-order chi connectivity index (χ1) is 8.16. The molecule has 0 unspecified atom stereocenters. The monoisotopic (exact) mass is 263 g/mol. The first kappa shape index (κ1) is 12.0. The maximum atomic E-state index is 5.56. The topological polar surface area (TPSA) is 42.2 Å². The Balaban J connectivity index is 2.09. The normalized spacial score (nSPS) is 10.2. The summed E-state index contributed by atoms with van der Waals surface area (Å²) in [6, 6.07) is 7.91. The fourth-order valence-corrected chi connectivity index (χ4v) is 2.31. The highest BCUT2D eigenvalue weighted by molar-refractivity contribution is 7.80. The predicted molar refractivity (Wildman–Crippen MR) is 76.6 cm³/mol. The van der Waals surface area contributed by atoms with E-state index in [0.29, 0.717) is 4.99 Å². The van der Waals surface area contributed by atoms with Crippen molar-refractivity contribution < 1.29 is 0 Å². The summed E-state index contributed by atoms with van der Waals surface area (Å²) in [6.07, 6.45) is 1.82. The highest BCUT2D eigenvalue weighted by Gasteiger charge is 2.04. The van der Waals surface area contributed by atoms with Crippen molar-refractivity contribution in [2.75, 3.05) is 11.9 Å². The van der Waals surface area contributed by atoms with Crippen LogP contribution in [0.25, 0.3) is 0 Å². The van der Waals surface area contributed by atoms with Crippen molar-refractivity contribution in [2.45, 2.75) is 6.54 Å². The number of thiazole rings is 1. The van der Waals surface area contributed by atoms with Gasteiger partial charge >= 0.3 is 0 Å². The van der Waals surface area contributed by atoms with E-state index in [1.165, 1.54) is 0 Å². The van der Waals surface area contributed by atoms with E-state index in [2.05, 4.69) is 9.88 Å². The SMILES string of the molecule is CN(Cc1nccs1)c1ccc(C(N)=S)cc1. The van der Waals surface area contributed by atoms with E-state index >= 15 is 0 Å². The van der Waals surface area contributed by atoms with Gasteiger partial charge in [0.05, 0.1) is 6.54 Å². The third kappa shape index (κ3) is 3.01. The largest absolute Gasteiger partial charge is 0.389 e. The Morgan fingerprint density at radius 2 is 2.12 bits per heavy atom. The summed E-state index contributed by atoms with van der Waals surface area (Å²) >= 11 is 6.58. The molecule has 0 saturated heterocycles. The summed E-state index contributed by atoms with van der Waals surface area (Å²) in [7, 11) is 2.04. The molecule has 1 aromatic carbocycles. The molecule has 0 fully saturated rings. The second-order valence-electron chi connectivity index (χ2n) is 3.69. The Morgan fingerprint density at radius 1 is 1.41 bits per heavy atom. The third-order valence-corrected chi connectivity index (χ3v) is 3.45. The molecule has 0 aliphatic heterocycles. The molecule has 1 aromatic heterocycles. The molecule has 17 heavy (non-hydrogen) atoms. The quantitative estimate of drug-likeness (QED) is 0.860. The molecule has 0 saturated carbocycles. The van der Waals surface area contributed by atoms with E-state index in [0.717, 1.165) is 22.8 Å². The van der Waals surface area contributed by atoms with Gasteiger partial charge in [0.25, 0.3) is 0 Å². The maximum absolute atomic E-state index is 5.56. The molecule has 0 aliphatic carbocycles. The number of anilines is 1. The Labute approximate surface area is 110 Å². The summed E-state index contributed by atoms with van der Waals surface area (Å²) in [5, 5.41) is 3.09. The maximum Gasteiger partial charge on any atom is 0.112 e. The molecule has 3 nitrogen and oxygen atoms in total. The number of rotatable bonds is 4. The zero-order chi connectivity index (χ0) is 12.3. The Morgan fingerprint density at radius 3 is 2.65 bits per heavy atom. The minimum atomic E-state index is 0.430. The van der Waals surface area contributed by atoms with Crippen LogP contribution in [0.2, 0.25) is 0 Å². The van der Waals surface area contributed by atoms with Crippen molar-refractivity contribution in [3.05, 3.63) is 46.4 Å². The third-order valence-electron chi connectivity index (χ3n) is 2.45. The van der Waals surface area contributed by atoms with Crippen LogP contribution in [-0.4, -0.2) is 17.0 Å². The van der Waals surface area contributed by atoms with Crippen LogP contribution in [0.15, 0.2) is 35.8 Å². The summed E-state index contributed by atoms with van der Waals surface area (Å²) in [5.41, 5.74) is 7.58. The molecule has 1 heterocycles.